The molecule has 1 aromatic carbocycles. The molecular weight excluding hydrogens is 264 g/mol. The molecule has 102 valence electrons. The van der Waals surface area contributed by atoms with Gasteiger partial charge in [0.15, 0.2) is 5.65 Å². The average molecular weight is 276 g/mol. The minimum atomic E-state index is -0.253. The number of carbonyl (C=O) groups excluding carboxylic acids is 1. The number of fused-ring (bicyclic) bond motifs is 1. The number of hydrogen-bond acceptors (Lipinski definition) is 3. The van der Waals surface area contributed by atoms with Crippen molar-refractivity contribution in [3.63, 3.8) is 0 Å². The van der Waals surface area contributed by atoms with Crippen molar-refractivity contribution >= 4 is 17.2 Å². The molecule has 21 heavy (non-hydrogen) atoms. The second kappa shape index (κ2) is 5.10. The van der Waals surface area contributed by atoms with Crippen molar-refractivity contribution < 1.29 is 4.79 Å². The van der Waals surface area contributed by atoms with Crippen molar-refractivity contribution in [3.05, 3.63) is 59.5 Å². The molecule has 3 rings (SSSR count). The Labute approximate surface area is 121 Å². The number of nitrogens with one attached hydrogen (secondary N) is 1. The van der Waals surface area contributed by atoms with E-state index in [-0.39, 0.29) is 5.91 Å². The molecule has 0 aliphatic rings. The van der Waals surface area contributed by atoms with Crippen LogP contribution in [0.3, 0.4) is 0 Å². The molecule has 0 atom stereocenters. The molecule has 5 nitrogen and oxygen atoms in total. The summed E-state index contributed by atoms with van der Waals surface area (Å²) in [5, 5.41) is 6.92. The molecule has 0 saturated heterocycles. The summed E-state index contributed by atoms with van der Waals surface area (Å²) in [6.45, 7) is 1.87. The summed E-state index contributed by atoms with van der Waals surface area (Å²) in [6.07, 6.45) is 8.58. The van der Waals surface area contributed by atoms with Crippen LogP contribution >= 0.6 is 0 Å². The Morgan fingerprint density at radius 2 is 2.05 bits per heavy atom. The topological polar surface area (TPSA) is 59.3 Å². The molecule has 0 unspecified atom stereocenters. The van der Waals surface area contributed by atoms with Crippen molar-refractivity contribution in [1.29, 1.82) is 0 Å². The second-order valence-electron chi connectivity index (χ2n) is 4.57. The predicted octanol–water partition coefficient (Wildman–Crippen LogP) is 2.27. The lowest BCUT2D eigenvalue weighted by Crippen LogP contribution is -2.12. The number of nitrogens with zero attached hydrogens (tertiary/aromatic N) is 3. The Hall–Kier alpha value is -3.13. The molecule has 5 heteroatoms. The van der Waals surface area contributed by atoms with Crippen molar-refractivity contribution in [1.82, 2.24) is 14.6 Å². The van der Waals surface area contributed by atoms with Crippen LogP contribution in [-0.4, -0.2) is 20.5 Å². The number of amides is 1. The maximum Gasteiger partial charge on any atom is 0.261 e. The highest BCUT2D eigenvalue weighted by Gasteiger charge is 2.14. The van der Waals surface area contributed by atoms with Gasteiger partial charge >= 0.3 is 0 Å². The standard InChI is InChI=1S/C16H12N4O/c1-3-12-4-6-13(7-5-12)19-16(21)14-10-17-20-9-8-11(2)18-15(14)20/h1,4-10H,2H3,(H,19,21). The average Bonchev–Trinajstić information content (AvgIpc) is 2.91. The summed E-state index contributed by atoms with van der Waals surface area (Å²) in [6, 6.07) is 8.90. The minimum Gasteiger partial charge on any atom is -0.322 e. The zero-order valence-corrected chi connectivity index (χ0v) is 11.4. The van der Waals surface area contributed by atoms with Crippen LogP contribution in [0.1, 0.15) is 21.6 Å². The monoisotopic (exact) mass is 276 g/mol. The highest BCUT2D eigenvalue weighted by atomic mass is 16.1. The molecule has 0 aliphatic carbocycles. The number of anilines is 1. The fourth-order valence-corrected chi connectivity index (χ4v) is 1.97. The number of benzene rings is 1. The summed E-state index contributed by atoms with van der Waals surface area (Å²) in [4.78, 5) is 16.6. The molecule has 0 fully saturated rings. The number of aromatic nitrogens is 3. The zero-order chi connectivity index (χ0) is 14.8. The lowest BCUT2D eigenvalue weighted by atomic mass is 10.2. The molecule has 1 amide bonds. The lowest BCUT2D eigenvalue weighted by molar-refractivity contribution is 0.102. The summed E-state index contributed by atoms with van der Waals surface area (Å²) >= 11 is 0. The van der Waals surface area contributed by atoms with E-state index in [4.69, 9.17) is 6.42 Å². The maximum atomic E-state index is 12.3. The van der Waals surface area contributed by atoms with Gasteiger partial charge in [-0.2, -0.15) is 5.10 Å². The van der Waals surface area contributed by atoms with Crippen molar-refractivity contribution in [2.24, 2.45) is 0 Å². The van der Waals surface area contributed by atoms with Crippen LogP contribution in [0.5, 0.6) is 0 Å². The SMILES string of the molecule is C#Cc1ccc(NC(=O)c2cnn3ccc(C)nc23)cc1. The Morgan fingerprint density at radius 1 is 1.29 bits per heavy atom. The van der Waals surface area contributed by atoms with E-state index in [0.29, 0.717) is 16.9 Å². The van der Waals surface area contributed by atoms with Crippen molar-refractivity contribution in [2.45, 2.75) is 6.92 Å². The molecule has 0 bridgehead atoms. The molecule has 0 saturated carbocycles. The van der Waals surface area contributed by atoms with Gasteiger partial charge in [-0.05, 0) is 37.3 Å². The molecule has 0 aliphatic heterocycles. The minimum absolute atomic E-state index is 0.253. The smallest absolute Gasteiger partial charge is 0.261 e. The Morgan fingerprint density at radius 3 is 2.76 bits per heavy atom. The van der Waals surface area contributed by atoms with Crippen LogP contribution in [0, 0.1) is 19.3 Å². The highest BCUT2D eigenvalue weighted by Crippen LogP contribution is 2.13. The molecule has 2 aromatic heterocycles. The zero-order valence-electron chi connectivity index (χ0n) is 11.4. The van der Waals surface area contributed by atoms with E-state index in [9.17, 15) is 4.79 Å². The first-order chi connectivity index (χ1) is 10.2. The number of aryl methyl sites for hydroxylation is 1. The van der Waals surface area contributed by atoms with Gasteiger partial charge in [0, 0.05) is 23.1 Å². The van der Waals surface area contributed by atoms with E-state index in [1.165, 1.54) is 6.20 Å². The van der Waals surface area contributed by atoms with Crippen LogP contribution in [0.4, 0.5) is 5.69 Å². The lowest BCUT2D eigenvalue weighted by Gasteiger charge is -2.04. The number of hydrogen-bond donors (Lipinski definition) is 1. The Balaban J connectivity index is 1.90. The molecule has 2 heterocycles. The third-order valence-electron chi connectivity index (χ3n) is 3.06. The first-order valence-corrected chi connectivity index (χ1v) is 6.36. The van der Waals surface area contributed by atoms with E-state index in [1.807, 2.05) is 13.0 Å². The first kappa shape index (κ1) is 12.9. The van der Waals surface area contributed by atoms with Crippen LogP contribution in [0.2, 0.25) is 0 Å². The summed E-state index contributed by atoms with van der Waals surface area (Å²) < 4.78 is 1.57. The van der Waals surface area contributed by atoms with Crippen LogP contribution < -0.4 is 5.32 Å². The molecule has 0 spiro atoms. The third kappa shape index (κ3) is 2.47. The fourth-order valence-electron chi connectivity index (χ4n) is 1.97. The van der Waals surface area contributed by atoms with Crippen LogP contribution in [0.25, 0.3) is 5.65 Å². The molecule has 3 aromatic rings. The molecule has 0 radical (unpaired) electrons. The quantitative estimate of drug-likeness (QED) is 0.730. The van der Waals surface area contributed by atoms with Gasteiger partial charge in [0.05, 0.1) is 6.20 Å². The van der Waals surface area contributed by atoms with Crippen LogP contribution in [-0.2, 0) is 0 Å². The Kier molecular flexibility index (Phi) is 3.13. The van der Waals surface area contributed by atoms with Gasteiger partial charge in [0.2, 0.25) is 0 Å². The van der Waals surface area contributed by atoms with E-state index in [2.05, 4.69) is 21.3 Å². The van der Waals surface area contributed by atoms with Gasteiger partial charge in [0.1, 0.15) is 5.56 Å². The van der Waals surface area contributed by atoms with Gasteiger partial charge in [0.25, 0.3) is 5.91 Å². The third-order valence-corrected chi connectivity index (χ3v) is 3.06. The summed E-state index contributed by atoms with van der Waals surface area (Å²) in [5.41, 5.74) is 3.23. The largest absolute Gasteiger partial charge is 0.322 e. The Bertz CT molecular complexity index is 856. The van der Waals surface area contributed by atoms with Crippen molar-refractivity contribution in [2.75, 3.05) is 5.32 Å². The number of carbonyl (C=O) groups is 1. The van der Waals surface area contributed by atoms with Gasteiger partial charge < -0.3 is 5.32 Å². The van der Waals surface area contributed by atoms with Gasteiger partial charge in [-0.3, -0.25) is 4.79 Å². The van der Waals surface area contributed by atoms with Gasteiger partial charge in [-0.1, -0.05) is 5.92 Å². The van der Waals surface area contributed by atoms with E-state index in [1.54, 1.807) is 35.0 Å². The number of terminal acetylenes is 1. The van der Waals surface area contributed by atoms with Gasteiger partial charge in [-0.25, -0.2) is 9.50 Å². The maximum absolute atomic E-state index is 12.3. The van der Waals surface area contributed by atoms with Crippen LogP contribution in [0.15, 0.2) is 42.7 Å². The predicted molar refractivity (Wildman–Crippen MR) is 80.1 cm³/mol. The van der Waals surface area contributed by atoms with E-state index in [0.717, 1.165) is 11.3 Å². The fraction of sp³-hybridized carbons (Fsp3) is 0.0625. The molecule has 1 N–H and O–H groups in total. The first-order valence-electron chi connectivity index (χ1n) is 6.36. The molecular formula is C16H12N4O. The van der Waals surface area contributed by atoms with E-state index >= 15 is 0 Å². The van der Waals surface area contributed by atoms with E-state index < -0.39 is 0 Å². The number of rotatable bonds is 2. The normalized spacial score (nSPS) is 10.3. The van der Waals surface area contributed by atoms with Gasteiger partial charge in [-0.15, -0.1) is 6.42 Å². The second-order valence-corrected chi connectivity index (χ2v) is 4.57. The summed E-state index contributed by atoms with van der Waals surface area (Å²) in [7, 11) is 0. The highest BCUT2D eigenvalue weighted by molar-refractivity contribution is 6.08. The van der Waals surface area contributed by atoms with Crippen molar-refractivity contribution in [3.8, 4) is 12.3 Å². The summed E-state index contributed by atoms with van der Waals surface area (Å²) in [5.74, 6) is 2.28.